The number of benzene rings is 2. The van der Waals surface area contributed by atoms with Gasteiger partial charge in [-0.2, -0.15) is 0 Å². The van der Waals surface area contributed by atoms with E-state index >= 15 is 0 Å². The van der Waals surface area contributed by atoms with E-state index in [0.717, 1.165) is 17.7 Å². The van der Waals surface area contributed by atoms with E-state index in [0.29, 0.717) is 5.56 Å². The van der Waals surface area contributed by atoms with Gasteiger partial charge in [0.1, 0.15) is 0 Å². The SMILES string of the molecule is CN(C)C(=O)[C@@H](OC(=O)CSc1ccc2c(c1)CCC2)c1ccccc1. The molecule has 1 atom stereocenters. The maximum absolute atomic E-state index is 12.4. The molecule has 0 bridgehead atoms. The molecule has 136 valence electrons. The number of nitrogens with zero attached hydrogens (tertiary/aromatic N) is 1. The summed E-state index contributed by atoms with van der Waals surface area (Å²) in [5.41, 5.74) is 3.48. The van der Waals surface area contributed by atoms with Crippen LogP contribution in [-0.4, -0.2) is 36.6 Å². The maximum Gasteiger partial charge on any atom is 0.317 e. The monoisotopic (exact) mass is 369 g/mol. The summed E-state index contributed by atoms with van der Waals surface area (Å²) in [6, 6.07) is 15.5. The van der Waals surface area contributed by atoms with Gasteiger partial charge in [-0.15, -0.1) is 11.8 Å². The molecule has 0 heterocycles. The van der Waals surface area contributed by atoms with Crippen molar-refractivity contribution in [2.24, 2.45) is 0 Å². The summed E-state index contributed by atoms with van der Waals surface area (Å²) in [4.78, 5) is 27.3. The molecule has 26 heavy (non-hydrogen) atoms. The van der Waals surface area contributed by atoms with Crippen molar-refractivity contribution < 1.29 is 14.3 Å². The van der Waals surface area contributed by atoms with Crippen LogP contribution in [0.15, 0.2) is 53.4 Å². The first-order chi connectivity index (χ1) is 12.5. The van der Waals surface area contributed by atoms with Gasteiger partial charge in [0.2, 0.25) is 6.10 Å². The Kier molecular flexibility index (Phi) is 5.99. The fourth-order valence-corrected chi connectivity index (χ4v) is 3.81. The topological polar surface area (TPSA) is 46.6 Å². The van der Waals surface area contributed by atoms with Crippen LogP contribution in [-0.2, 0) is 27.2 Å². The van der Waals surface area contributed by atoms with Crippen LogP contribution in [0.25, 0.3) is 0 Å². The van der Waals surface area contributed by atoms with Gasteiger partial charge in [0, 0.05) is 24.6 Å². The number of thioether (sulfide) groups is 1. The highest BCUT2D eigenvalue weighted by Gasteiger charge is 2.26. The lowest BCUT2D eigenvalue weighted by atomic mass is 10.1. The highest BCUT2D eigenvalue weighted by molar-refractivity contribution is 8.00. The largest absolute Gasteiger partial charge is 0.447 e. The second-order valence-corrected chi connectivity index (χ2v) is 7.63. The average Bonchev–Trinajstić information content (AvgIpc) is 3.12. The Morgan fingerprint density at radius 1 is 1.08 bits per heavy atom. The molecular weight excluding hydrogens is 346 g/mol. The fourth-order valence-electron chi connectivity index (χ4n) is 3.07. The molecule has 4 nitrogen and oxygen atoms in total. The highest BCUT2D eigenvalue weighted by atomic mass is 32.2. The molecule has 1 amide bonds. The van der Waals surface area contributed by atoms with Gasteiger partial charge in [0.05, 0.1) is 5.75 Å². The molecule has 0 radical (unpaired) electrons. The van der Waals surface area contributed by atoms with Crippen molar-refractivity contribution in [1.82, 2.24) is 4.90 Å². The van der Waals surface area contributed by atoms with E-state index in [1.807, 2.05) is 18.2 Å². The minimum absolute atomic E-state index is 0.183. The second kappa shape index (κ2) is 8.41. The summed E-state index contributed by atoms with van der Waals surface area (Å²) in [6.07, 6.45) is 2.56. The van der Waals surface area contributed by atoms with E-state index in [1.54, 1.807) is 26.2 Å². The molecule has 0 saturated carbocycles. The summed E-state index contributed by atoms with van der Waals surface area (Å²) in [5, 5.41) is 0. The van der Waals surface area contributed by atoms with Crippen LogP contribution in [0, 0.1) is 0 Å². The lowest BCUT2D eigenvalue weighted by Gasteiger charge is -2.21. The average molecular weight is 369 g/mol. The third-order valence-corrected chi connectivity index (χ3v) is 5.41. The van der Waals surface area contributed by atoms with E-state index in [1.165, 1.54) is 34.2 Å². The van der Waals surface area contributed by atoms with Crippen LogP contribution < -0.4 is 0 Å². The smallest absolute Gasteiger partial charge is 0.317 e. The molecule has 0 saturated heterocycles. The predicted molar refractivity (Wildman–Crippen MR) is 103 cm³/mol. The minimum Gasteiger partial charge on any atom is -0.447 e. The molecule has 1 aliphatic carbocycles. The first-order valence-electron chi connectivity index (χ1n) is 8.75. The number of hydrogen-bond donors (Lipinski definition) is 0. The van der Waals surface area contributed by atoms with Crippen LogP contribution in [0.4, 0.5) is 0 Å². The molecule has 0 aromatic heterocycles. The Balaban J connectivity index is 1.63. The number of amides is 1. The number of aryl methyl sites for hydroxylation is 2. The number of carbonyl (C=O) groups excluding carboxylic acids is 2. The Hall–Kier alpha value is -2.27. The molecular formula is C21H23NO3S. The van der Waals surface area contributed by atoms with Crippen molar-refractivity contribution >= 4 is 23.6 Å². The zero-order chi connectivity index (χ0) is 18.5. The molecule has 0 aliphatic heterocycles. The second-order valence-electron chi connectivity index (χ2n) is 6.59. The first-order valence-corrected chi connectivity index (χ1v) is 9.73. The van der Waals surface area contributed by atoms with Crippen molar-refractivity contribution in [3.05, 3.63) is 65.2 Å². The van der Waals surface area contributed by atoms with Crippen molar-refractivity contribution in [3.8, 4) is 0 Å². The van der Waals surface area contributed by atoms with Crippen LogP contribution in [0.5, 0.6) is 0 Å². The van der Waals surface area contributed by atoms with Crippen LogP contribution in [0.2, 0.25) is 0 Å². The van der Waals surface area contributed by atoms with Crippen molar-refractivity contribution in [1.29, 1.82) is 0 Å². The number of fused-ring (bicyclic) bond motifs is 1. The summed E-state index contributed by atoms with van der Waals surface area (Å²) >= 11 is 1.45. The van der Waals surface area contributed by atoms with Crippen LogP contribution in [0.1, 0.15) is 29.2 Å². The van der Waals surface area contributed by atoms with E-state index in [4.69, 9.17) is 4.74 Å². The zero-order valence-electron chi connectivity index (χ0n) is 15.1. The van der Waals surface area contributed by atoms with Gasteiger partial charge in [-0.3, -0.25) is 9.59 Å². The molecule has 3 rings (SSSR count). The Bertz CT molecular complexity index is 789. The Morgan fingerprint density at radius 2 is 1.81 bits per heavy atom. The van der Waals surface area contributed by atoms with E-state index in [9.17, 15) is 9.59 Å². The lowest BCUT2D eigenvalue weighted by Crippen LogP contribution is -2.31. The number of likely N-dealkylation sites (N-methyl/N-ethyl adjacent to an activating group) is 1. The number of rotatable bonds is 6. The Labute approximate surface area is 158 Å². The number of ether oxygens (including phenoxy) is 1. The fraction of sp³-hybridized carbons (Fsp3) is 0.333. The van der Waals surface area contributed by atoms with Gasteiger partial charge < -0.3 is 9.64 Å². The maximum atomic E-state index is 12.4. The van der Waals surface area contributed by atoms with Crippen LogP contribution >= 0.6 is 11.8 Å². The molecule has 0 spiro atoms. The van der Waals surface area contributed by atoms with Crippen molar-refractivity contribution in [3.63, 3.8) is 0 Å². The van der Waals surface area contributed by atoms with Crippen LogP contribution in [0.3, 0.4) is 0 Å². The molecule has 1 aliphatic rings. The van der Waals surface area contributed by atoms with Gasteiger partial charge in [-0.25, -0.2) is 0 Å². The van der Waals surface area contributed by atoms with Gasteiger partial charge in [-0.05, 0) is 42.5 Å². The minimum atomic E-state index is -0.903. The molecule has 0 fully saturated rings. The van der Waals surface area contributed by atoms with E-state index in [2.05, 4.69) is 18.2 Å². The summed E-state index contributed by atoms with van der Waals surface area (Å²) in [5.74, 6) is -0.449. The third kappa shape index (κ3) is 4.47. The van der Waals surface area contributed by atoms with Gasteiger partial charge in [-0.1, -0.05) is 36.4 Å². The quantitative estimate of drug-likeness (QED) is 0.576. The van der Waals surface area contributed by atoms with Gasteiger partial charge in [0.25, 0.3) is 5.91 Å². The molecule has 0 N–H and O–H groups in total. The van der Waals surface area contributed by atoms with E-state index in [-0.39, 0.29) is 17.6 Å². The number of carbonyl (C=O) groups is 2. The van der Waals surface area contributed by atoms with Gasteiger partial charge >= 0.3 is 5.97 Å². The summed E-state index contributed by atoms with van der Waals surface area (Å²) in [6.45, 7) is 0. The first kappa shape index (κ1) is 18.5. The molecule has 2 aromatic rings. The molecule has 2 aromatic carbocycles. The Morgan fingerprint density at radius 3 is 2.54 bits per heavy atom. The summed E-state index contributed by atoms with van der Waals surface area (Å²) in [7, 11) is 3.32. The lowest BCUT2D eigenvalue weighted by molar-refractivity contribution is -0.157. The number of esters is 1. The molecule has 0 unspecified atom stereocenters. The van der Waals surface area contributed by atoms with Crippen molar-refractivity contribution in [2.75, 3.05) is 19.8 Å². The highest BCUT2D eigenvalue weighted by Crippen LogP contribution is 2.28. The predicted octanol–water partition coefficient (Wildman–Crippen LogP) is 3.64. The molecule has 5 heteroatoms. The van der Waals surface area contributed by atoms with Crippen molar-refractivity contribution in [2.45, 2.75) is 30.3 Å². The normalized spacial score (nSPS) is 13.8. The summed E-state index contributed by atoms with van der Waals surface area (Å²) < 4.78 is 5.52. The standard InChI is InChI=1S/C21H23NO3S/c1-22(2)21(24)20(16-7-4-3-5-8-16)25-19(23)14-26-18-12-11-15-9-6-10-17(15)13-18/h3-5,7-8,11-13,20H,6,9-10,14H2,1-2H3/t20-/m0/s1. The van der Waals surface area contributed by atoms with E-state index < -0.39 is 6.10 Å². The van der Waals surface area contributed by atoms with Gasteiger partial charge in [0.15, 0.2) is 0 Å². The third-order valence-electron chi connectivity index (χ3n) is 4.44. The zero-order valence-corrected chi connectivity index (χ0v) is 15.9. The number of hydrogen-bond acceptors (Lipinski definition) is 4.